The summed E-state index contributed by atoms with van der Waals surface area (Å²) in [7, 11) is 0. The molecular formula is C30H39N7O7. The molecule has 14 heteroatoms. The molecule has 0 spiro atoms. The maximum Gasteiger partial charge on any atom is 0.243 e. The van der Waals surface area contributed by atoms with Gasteiger partial charge in [-0.25, -0.2) is 0 Å². The minimum Gasteiger partial charge on any atom is -0.508 e. The zero-order valence-corrected chi connectivity index (χ0v) is 24.2. The molecule has 44 heavy (non-hydrogen) atoms. The van der Waals surface area contributed by atoms with E-state index in [-0.39, 0.29) is 31.6 Å². The number of rotatable bonds is 7. The Bertz CT molecular complexity index is 1320. The third kappa shape index (κ3) is 11.0. The molecule has 6 amide bonds. The first-order valence-electron chi connectivity index (χ1n) is 14.3. The van der Waals surface area contributed by atoms with Crippen molar-refractivity contribution in [3.05, 3.63) is 65.7 Å². The van der Waals surface area contributed by atoms with Crippen molar-refractivity contribution >= 4 is 35.4 Å². The molecule has 0 saturated carbocycles. The summed E-state index contributed by atoms with van der Waals surface area (Å²) in [5.74, 6) is -4.00. The molecule has 4 atom stereocenters. The molecule has 236 valence electrons. The SMILES string of the molecule is NC(=O)[C@H]1CC(=O)NCCCC[C@@H](NC(=O)[C@@H](N)Cc2ccc(O)cc2)C(=O)NCC(=O)N[C@@H](Cc2ccccc2)C(=O)N1. The number of hydrogen-bond acceptors (Lipinski definition) is 8. The smallest absolute Gasteiger partial charge is 0.243 e. The molecule has 1 aliphatic heterocycles. The number of phenols is 1. The number of hydrogen-bond donors (Lipinski definition) is 8. The second-order valence-electron chi connectivity index (χ2n) is 10.6. The predicted molar refractivity (Wildman–Crippen MR) is 159 cm³/mol. The summed E-state index contributed by atoms with van der Waals surface area (Å²) in [6.07, 6.45) is 0.839. The molecule has 0 radical (unpaired) electrons. The Morgan fingerprint density at radius 1 is 0.886 bits per heavy atom. The fourth-order valence-corrected chi connectivity index (χ4v) is 4.58. The fourth-order valence-electron chi connectivity index (χ4n) is 4.58. The Kier molecular flexibility index (Phi) is 12.6. The molecule has 3 rings (SSSR count). The Labute approximate surface area is 254 Å². The van der Waals surface area contributed by atoms with Gasteiger partial charge in [0.05, 0.1) is 19.0 Å². The van der Waals surface area contributed by atoms with Gasteiger partial charge < -0.3 is 43.2 Å². The van der Waals surface area contributed by atoms with Crippen LogP contribution in [0.15, 0.2) is 54.6 Å². The van der Waals surface area contributed by atoms with Crippen LogP contribution in [0.4, 0.5) is 0 Å². The van der Waals surface area contributed by atoms with Gasteiger partial charge in [0.25, 0.3) is 0 Å². The van der Waals surface area contributed by atoms with E-state index in [9.17, 15) is 33.9 Å². The number of nitrogens with two attached hydrogens (primary N) is 2. The largest absolute Gasteiger partial charge is 0.508 e. The second-order valence-corrected chi connectivity index (χ2v) is 10.6. The molecule has 2 aromatic rings. The molecule has 10 N–H and O–H groups in total. The molecule has 0 aromatic heterocycles. The third-order valence-electron chi connectivity index (χ3n) is 7.01. The molecule has 2 aromatic carbocycles. The highest BCUT2D eigenvalue weighted by atomic mass is 16.3. The summed E-state index contributed by atoms with van der Waals surface area (Å²) in [5, 5.41) is 22.3. The Hall–Kier alpha value is -4.98. The Morgan fingerprint density at radius 3 is 2.27 bits per heavy atom. The van der Waals surface area contributed by atoms with Crippen LogP contribution in [-0.4, -0.2) is 77.8 Å². The van der Waals surface area contributed by atoms with Crippen molar-refractivity contribution in [1.82, 2.24) is 26.6 Å². The highest BCUT2D eigenvalue weighted by molar-refractivity contribution is 5.95. The maximum absolute atomic E-state index is 13.2. The minimum atomic E-state index is -1.31. The third-order valence-corrected chi connectivity index (χ3v) is 7.01. The average molecular weight is 610 g/mol. The first-order chi connectivity index (χ1) is 21.0. The van der Waals surface area contributed by atoms with E-state index in [4.69, 9.17) is 11.5 Å². The van der Waals surface area contributed by atoms with E-state index in [0.29, 0.717) is 24.0 Å². The number of aromatic hydroxyl groups is 1. The standard InChI is InChI=1S/C30H39N7O7/c31-21(14-19-9-11-20(38)12-10-19)28(42)36-22-8-4-5-13-33-25(39)16-23(27(32)41)37-30(44)24(15-18-6-2-1-3-7-18)35-26(40)17-34-29(22)43/h1-3,6-7,9-12,21-24,38H,4-5,8,13-17,31H2,(H2,32,41)(H,33,39)(H,34,43)(H,35,40)(H,36,42)(H,37,44)/t21-,22+,23+,24-/m0/s1. The van der Waals surface area contributed by atoms with Crippen LogP contribution in [0.2, 0.25) is 0 Å². The van der Waals surface area contributed by atoms with Crippen molar-refractivity contribution in [2.75, 3.05) is 13.1 Å². The minimum absolute atomic E-state index is 0.0572. The van der Waals surface area contributed by atoms with Gasteiger partial charge in [-0.15, -0.1) is 0 Å². The molecule has 0 aliphatic carbocycles. The Balaban J connectivity index is 1.73. The first-order valence-corrected chi connectivity index (χ1v) is 14.3. The van der Waals surface area contributed by atoms with E-state index < -0.39 is 72.6 Å². The molecular weight excluding hydrogens is 570 g/mol. The van der Waals surface area contributed by atoms with Gasteiger partial charge in [0.2, 0.25) is 35.4 Å². The van der Waals surface area contributed by atoms with Gasteiger partial charge >= 0.3 is 0 Å². The van der Waals surface area contributed by atoms with Gasteiger partial charge in [-0.3, -0.25) is 28.8 Å². The normalized spacial score (nSPS) is 21.4. The van der Waals surface area contributed by atoms with Gasteiger partial charge in [-0.1, -0.05) is 42.5 Å². The fraction of sp³-hybridized carbons (Fsp3) is 0.400. The van der Waals surface area contributed by atoms with Crippen LogP contribution in [0.1, 0.15) is 36.8 Å². The lowest BCUT2D eigenvalue weighted by molar-refractivity contribution is -0.133. The van der Waals surface area contributed by atoms with Gasteiger partial charge in [-0.2, -0.15) is 0 Å². The Morgan fingerprint density at radius 2 is 1.59 bits per heavy atom. The molecule has 1 fully saturated rings. The summed E-state index contributed by atoms with van der Waals surface area (Å²) in [6.45, 7) is -0.291. The second kappa shape index (κ2) is 16.6. The van der Waals surface area contributed by atoms with Crippen LogP contribution in [0.3, 0.4) is 0 Å². The highest BCUT2D eigenvalue weighted by Gasteiger charge is 2.29. The van der Waals surface area contributed by atoms with Crippen LogP contribution in [0, 0.1) is 0 Å². The highest BCUT2D eigenvalue weighted by Crippen LogP contribution is 2.11. The molecule has 1 heterocycles. The van der Waals surface area contributed by atoms with Gasteiger partial charge in [-0.05, 0) is 48.9 Å². The lowest BCUT2D eigenvalue weighted by atomic mass is 10.0. The molecule has 14 nitrogen and oxygen atoms in total. The maximum atomic E-state index is 13.2. The van der Waals surface area contributed by atoms with Crippen LogP contribution in [0.5, 0.6) is 5.75 Å². The van der Waals surface area contributed by atoms with E-state index in [1.165, 1.54) is 12.1 Å². The van der Waals surface area contributed by atoms with Gasteiger partial charge in [0.15, 0.2) is 0 Å². The summed E-state index contributed by atoms with van der Waals surface area (Å²) in [6, 6.07) is 10.5. The molecule has 0 unspecified atom stereocenters. The summed E-state index contributed by atoms with van der Waals surface area (Å²) >= 11 is 0. The van der Waals surface area contributed by atoms with Crippen molar-refractivity contribution in [3.63, 3.8) is 0 Å². The topological polar surface area (TPSA) is 235 Å². The molecule has 0 bridgehead atoms. The lowest BCUT2D eigenvalue weighted by Gasteiger charge is -2.23. The summed E-state index contributed by atoms with van der Waals surface area (Å²) in [4.78, 5) is 76.5. The predicted octanol–water partition coefficient (Wildman–Crippen LogP) is -1.75. The number of benzene rings is 2. The molecule has 1 saturated heterocycles. The number of amides is 6. The molecule has 1 aliphatic rings. The van der Waals surface area contributed by atoms with Crippen molar-refractivity contribution in [2.45, 2.75) is 62.7 Å². The van der Waals surface area contributed by atoms with Crippen LogP contribution >= 0.6 is 0 Å². The van der Waals surface area contributed by atoms with E-state index in [1.54, 1.807) is 42.5 Å². The van der Waals surface area contributed by atoms with Crippen molar-refractivity contribution < 1.29 is 33.9 Å². The van der Waals surface area contributed by atoms with E-state index in [2.05, 4.69) is 26.6 Å². The monoisotopic (exact) mass is 609 g/mol. The van der Waals surface area contributed by atoms with Crippen molar-refractivity contribution in [2.24, 2.45) is 11.5 Å². The quantitative estimate of drug-likeness (QED) is 0.179. The number of primary amides is 1. The van der Waals surface area contributed by atoms with Gasteiger partial charge in [0, 0.05) is 13.0 Å². The van der Waals surface area contributed by atoms with Crippen molar-refractivity contribution in [3.8, 4) is 5.75 Å². The number of carbonyl (C=O) groups excluding carboxylic acids is 6. The summed E-state index contributed by atoms with van der Waals surface area (Å²) in [5.41, 5.74) is 12.9. The number of nitrogens with one attached hydrogen (secondary N) is 5. The van der Waals surface area contributed by atoms with E-state index in [0.717, 1.165) is 0 Å². The van der Waals surface area contributed by atoms with Gasteiger partial charge in [0.1, 0.15) is 23.9 Å². The van der Waals surface area contributed by atoms with E-state index in [1.807, 2.05) is 0 Å². The first kappa shape index (κ1) is 33.5. The lowest BCUT2D eigenvalue weighted by Crippen LogP contribution is -2.56. The van der Waals surface area contributed by atoms with Crippen LogP contribution < -0.4 is 38.1 Å². The van der Waals surface area contributed by atoms with Crippen molar-refractivity contribution in [1.29, 1.82) is 0 Å². The summed E-state index contributed by atoms with van der Waals surface area (Å²) < 4.78 is 0. The van der Waals surface area contributed by atoms with E-state index >= 15 is 0 Å². The zero-order chi connectivity index (χ0) is 32.1. The number of carbonyl (C=O) groups is 6. The zero-order valence-electron chi connectivity index (χ0n) is 24.2. The van der Waals surface area contributed by atoms with Crippen LogP contribution in [-0.2, 0) is 41.6 Å². The van der Waals surface area contributed by atoms with Crippen LogP contribution in [0.25, 0.3) is 0 Å². The average Bonchev–Trinajstić information content (AvgIpc) is 2.99. The number of phenolic OH excluding ortho intramolecular Hbond substituents is 1.